The molecule has 3 rings (SSSR count). The van der Waals surface area contributed by atoms with Gasteiger partial charge in [0.25, 0.3) is 5.91 Å². The zero-order valence-corrected chi connectivity index (χ0v) is 11.1. The molecule has 0 unspecified atom stereocenters. The number of methoxy groups -OCH3 is 1. The lowest BCUT2D eigenvalue weighted by atomic mass is 10.2. The molecule has 1 saturated carbocycles. The van der Waals surface area contributed by atoms with Gasteiger partial charge in [0.05, 0.1) is 7.11 Å². The number of nitrogens with one attached hydrogen (secondary N) is 1. The van der Waals surface area contributed by atoms with Crippen molar-refractivity contribution in [2.24, 2.45) is 0 Å². The first-order valence-corrected chi connectivity index (χ1v) is 6.50. The van der Waals surface area contributed by atoms with Gasteiger partial charge in [-0.15, -0.1) is 0 Å². The molecule has 0 aromatic carbocycles. The molecular formula is C14H15N3O3. The molecule has 0 aliphatic heterocycles. The number of hydrogen-bond donors (Lipinski definition) is 1. The molecule has 2 aromatic rings. The zero-order valence-electron chi connectivity index (χ0n) is 11.1. The van der Waals surface area contributed by atoms with E-state index in [0.29, 0.717) is 24.0 Å². The van der Waals surface area contributed by atoms with Gasteiger partial charge in [-0.05, 0) is 18.4 Å². The van der Waals surface area contributed by atoms with Crippen LogP contribution in [0.15, 0.2) is 28.9 Å². The summed E-state index contributed by atoms with van der Waals surface area (Å²) < 4.78 is 10.1. The number of hydrogen-bond acceptors (Lipinski definition) is 5. The maximum Gasteiger partial charge on any atom is 0.273 e. The highest BCUT2D eigenvalue weighted by molar-refractivity contribution is 5.92. The molecule has 2 heterocycles. The summed E-state index contributed by atoms with van der Waals surface area (Å²) in [6, 6.07) is 5.33. The van der Waals surface area contributed by atoms with Crippen molar-refractivity contribution < 1.29 is 14.1 Å². The van der Waals surface area contributed by atoms with Crippen LogP contribution in [0.4, 0.5) is 0 Å². The van der Waals surface area contributed by atoms with E-state index in [1.165, 1.54) is 0 Å². The molecule has 0 radical (unpaired) electrons. The molecule has 6 nitrogen and oxygen atoms in total. The van der Waals surface area contributed by atoms with Crippen LogP contribution in [0.2, 0.25) is 0 Å². The Morgan fingerprint density at radius 2 is 2.35 bits per heavy atom. The summed E-state index contributed by atoms with van der Waals surface area (Å²) in [6.07, 6.45) is 3.90. The first kappa shape index (κ1) is 12.7. The third kappa shape index (κ3) is 2.79. The zero-order chi connectivity index (χ0) is 13.9. The van der Waals surface area contributed by atoms with Crippen molar-refractivity contribution in [1.29, 1.82) is 0 Å². The Morgan fingerprint density at radius 1 is 1.50 bits per heavy atom. The number of rotatable bonds is 5. The molecule has 1 aliphatic carbocycles. The lowest BCUT2D eigenvalue weighted by molar-refractivity contribution is 0.0941. The second-order valence-electron chi connectivity index (χ2n) is 4.78. The van der Waals surface area contributed by atoms with Crippen LogP contribution < -0.4 is 10.1 Å². The van der Waals surface area contributed by atoms with Crippen LogP contribution in [0.1, 0.15) is 40.6 Å². The number of ether oxygens (including phenoxy) is 1. The first-order chi connectivity index (χ1) is 9.76. The Kier molecular flexibility index (Phi) is 3.37. The third-order valence-corrected chi connectivity index (χ3v) is 3.20. The summed E-state index contributed by atoms with van der Waals surface area (Å²) in [7, 11) is 1.56. The summed E-state index contributed by atoms with van der Waals surface area (Å²) in [5, 5.41) is 6.58. The first-order valence-electron chi connectivity index (χ1n) is 6.50. The predicted molar refractivity (Wildman–Crippen MR) is 70.4 cm³/mol. The van der Waals surface area contributed by atoms with Gasteiger partial charge in [0, 0.05) is 30.8 Å². The van der Waals surface area contributed by atoms with E-state index in [1.54, 1.807) is 25.4 Å². The Bertz CT molecular complexity index is 602. The van der Waals surface area contributed by atoms with Crippen LogP contribution >= 0.6 is 0 Å². The summed E-state index contributed by atoms with van der Waals surface area (Å²) in [4.78, 5) is 16.0. The van der Waals surface area contributed by atoms with Crippen molar-refractivity contribution in [2.45, 2.75) is 25.3 Å². The van der Waals surface area contributed by atoms with Crippen molar-refractivity contribution in [1.82, 2.24) is 15.5 Å². The second-order valence-corrected chi connectivity index (χ2v) is 4.78. The van der Waals surface area contributed by atoms with Gasteiger partial charge in [-0.3, -0.25) is 4.79 Å². The largest absolute Gasteiger partial charge is 0.481 e. The monoisotopic (exact) mass is 273 g/mol. The standard InChI is InChI=1S/C14H15N3O3/c1-19-13-5-2-9(7-15-13)8-16-14(18)11-6-12(20-17-11)10-3-4-10/h2,5-7,10H,3-4,8H2,1H3,(H,16,18). The van der Waals surface area contributed by atoms with Crippen molar-refractivity contribution in [3.8, 4) is 5.88 Å². The van der Waals surface area contributed by atoms with Gasteiger partial charge in [-0.1, -0.05) is 11.2 Å². The topological polar surface area (TPSA) is 77.2 Å². The van der Waals surface area contributed by atoms with Crippen LogP contribution in [-0.4, -0.2) is 23.2 Å². The maximum atomic E-state index is 11.9. The van der Waals surface area contributed by atoms with Crippen molar-refractivity contribution in [2.75, 3.05) is 7.11 Å². The molecular weight excluding hydrogens is 258 g/mol. The van der Waals surface area contributed by atoms with E-state index >= 15 is 0 Å². The number of amides is 1. The van der Waals surface area contributed by atoms with E-state index in [9.17, 15) is 4.79 Å². The number of carbonyl (C=O) groups is 1. The van der Waals surface area contributed by atoms with E-state index < -0.39 is 0 Å². The summed E-state index contributed by atoms with van der Waals surface area (Å²) in [6.45, 7) is 0.390. The fraction of sp³-hybridized carbons (Fsp3) is 0.357. The molecule has 1 aliphatic rings. The van der Waals surface area contributed by atoms with E-state index in [0.717, 1.165) is 24.2 Å². The average molecular weight is 273 g/mol. The Labute approximate surface area is 116 Å². The molecule has 1 N–H and O–H groups in total. The van der Waals surface area contributed by atoms with E-state index in [4.69, 9.17) is 9.26 Å². The summed E-state index contributed by atoms with van der Waals surface area (Å²) in [5.41, 5.74) is 1.22. The minimum Gasteiger partial charge on any atom is -0.481 e. The Hall–Kier alpha value is -2.37. The highest BCUT2D eigenvalue weighted by atomic mass is 16.5. The molecule has 2 aromatic heterocycles. The smallest absolute Gasteiger partial charge is 0.273 e. The second kappa shape index (κ2) is 5.32. The molecule has 1 fully saturated rings. The molecule has 20 heavy (non-hydrogen) atoms. The van der Waals surface area contributed by atoms with E-state index in [1.807, 2.05) is 6.07 Å². The number of nitrogens with zero attached hydrogens (tertiary/aromatic N) is 2. The normalized spacial score (nSPS) is 14.1. The Morgan fingerprint density at radius 3 is 3.00 bits per heavy atom. The van der Waals surface area contributed by atoms with Crippen LogP contribution in [0.5, 0.6) is 5.88 Å². The fourth-order valence-corrected chi connectivity index (χ4v) is 1.87. The van der Waals surface area contributed by atoms with Crippen molar-refractivity contribution in [3.63, 3.8) is 0 Å². The SMILES string of the molecule is COc1ccc(CNC(=O)c2cc(C3CC3)on2)cn1. The molecule has 6 heteroatoms. The Balaban J connectivity index is 1.57. The molecule has 1 amide bonds. The van der Waals surface area contributed by atoms with Gasteiger partial charge >= 0.3 is 0 Å². The van der Waals surface area contributed by atoms with Crippen LogP contribution in [0.3, 0.4) is 0 Å². The number of aromatic nitrogens is 2. The molecule has 0 spiro atoms. The van der Waals surface area contributed by atoms with Gasteiger partial charge in [0.2, 0.25) is 5.88 Å². The molecule has 0 atom stereocenters. The molecule has 104 valence electrons. The van der Waals surface area contributed by atoms with Crippen LogP contribution in [0.25, 0.3) is 0 Å². The van der Waals surface area contributed by atoms with Gasteiger partial charge in [-0.25, -0.2) is 4.98 Å². The fourth-order valence-electron chi connectivity index (χ4n) is 1.87. The van der Waals surface area contributed by atoms with E-state index in [2.05, 4.69) is 15.5 Å². The van der Waals surface area contributed by atoms with Crippen molar-refractivity contribution >= 4 is 5.91 Å². The lowest BCUT2D eigenvalue weighted by Gasteiger charge is -2.03. The quantitative estimate of drug-likeness (QED) is 0.900. The lowest BCUT2D eigenvalue weighted by Crippen LogP contribution is -2.23. The van der Waals surface area contributed by atoms with Gasteiger partial charge in [0.1, 0.15) is 5.76 Å². The number of carbonyl (C=O) groups excluding carboxylic acids is 1. The molecule has 0 saturated heterocycles. The van der Waals surface area contributed by atoms with Crippen LogP contribution in [0, 0.1) is 0 Å². The highest BCUT2D eigenvalue weighted by Crippen LogP contribution is 2.40. The van der Waals surface area contributed by atoms with Gasteiger partial charge < -0.3 is 14.6 Å². The molecule has 0 bridgehead atoms. The maximum absolute atomic E-state index is 11.9. The third-order valence-electron chi connectivity index (χ3n) is 3.20. The highest BCUT2D eigenvalue weighted by Gasteiger charge is 2.28. The van der Waals surface area contributed by atoms with Gasteiger partial charge in [-0.2, -0.15) is 0 Å². The minimum absolute atomic E-state index is 0.239. The average Bonchev–Trinajstić information content (AvgIpc) is 3.22. The summed E-state index contributed by atoms with van der Waals surface area (Å²) in [5.74, 6) is 1.57. The van der Waals surface area contributed by atoms with E-state index in [-0.39, 0.29) is 5.91 Å². The van der Waals surface area contributed by atoms with Crippen LogP contribution in [-0.2, 0) is 6.54 Å². The van der Waals surface area contributed by atoms with Gasteiger partial charge in [0.15, 0.2) is 5.69 Å². The minimum atomic E-state index is -0.239. The number of pyridine rings is 1. The predicted octanol–water partition coefficient (Wildman–Crippen LogP) is 1.89. The summed E-state index contributed by atoms with van der Waals surface area (Å²) >= 11 is 0. The van der Waals surface area contributed by atoms with Crippen molar-refractivity contribution in [3.05, 3.63) is 41.4 Å².